The molecule has 4 heterocycles. The molecular weight excluding hydrogens is 356 g/mol. The number of fused-ring (bicyclic) bond motifs is 4. The van der Waals surface area contributed by atoms with Crippen molar-refractivity contribution in [3.05, 3.63) is 23.0 Å². The van der Waals surface area contributed by atoms with Crippen LogP contribution in [0.15, 0.2) is 23.0 Å². The lowest BCUT2D eigenvalue weighted by Crippen LogP contribution is -2.60. The Morgan fingerprint density at radius 2 is 2.07 bits per heavy atom. The second-order valence-electron chi connectivity index (χ2n) is 8.64. The van der Waals surface area contributed by atoms with Crippen LogP contribution in [0, 0.1) is 17.3 Å². The lowest BCUT2D eigenvalue weighted by molar-refractivity contribution is -0.148. The van der Waals surface area contributed by atoms with Crippen LogP contribution in [-0.4, -0.2) is 64.9 Å². The van der Waals surface area contributed by atoms with Crippen molar-refractivity contribution in [1.82, 2.24) is 0 Å². The first-order valence-corrected chi connectivity index (χ1v) is 9.30. The molecule has 0 aromatic rings. The summed E-state index contributed by atoms with van der Waals surface area (Å²) in [7, 11) is 0. The van der Waals surface area contributed by atoms with E-state index in [1.807, 2.05) is 6.92 Å². The Bertz CT molecular complexity index is 860. The molecule has 9 atom stereocenters. The van der Waals surface area contributed by atoms with Gasteiger partial charge in [0.1, 0.15) is 24.6 Å². The molecule has 6 rings (SSSR count). The Morgan fingerprint density at radius 3 is 2.81 bits per heavy atom. The molecule has 0 aromatic carbocycles. The van der Waals surface area contributed by atoms with Crippen molar-refractivity contribution in [3.63, 3.8) is 0 Å². The van der Waals surface area contributed by atoms with E-state index < -0.39 is 41.9 Å². The smallest absolute Gasteiger partial charge is 0.331 e. The predicted molar refractivity (Wildman–Crippen MR) is 86.2 cm³/mol. The van der Waals surface area contributed by atoms with Gasteiger partial charge in [0, 0.05) is 23.0 Å². The number of rotatable bonds is 2. The summed E-state index contributed by atoms with van der Waals surface area (Å²) < 4.78 is 23.3. The van der Waals surface area contributed by atoms with E-state index in [4.69, 9.17) is 18.9 Å². The van der Waals surface area contributed by atoms with Crippen molar-refractivity contribution in [2.75, 3.05) is 6.61 Å². The van der Waals surface area contributed by atoms with Crippen LogP contribution in [0.3, 0.4) is 0 Å². The summed E-state index contributed by atoms with van der Waals surface area (Å²) in [5.74, 6) is -1.38. The van der Waals surface area contributed by atoms with Crippen molar-refractivity contribution in [1.29, 1.82) is 0 Å². The summed E-state index contributed by atoms with van der Waals surface area (Å²) in [6, 6.07) is 0. The van der Waals surface area contributed by atoms with Gasteiger partial charge in [-0.25, -0.2) is 4.79 Å². The van der Waals surface area contributed by atoms with Crippen molar-refractivity contribution in [2.24, 2.45) is 17.3 Å². The normalized spacial score (nSPS) is 54.3. The van der Waals surface area contributed by atoms with Crippen LogP contribution in [0.2, 0.25) is 0 Å². The molecule has 0 amide bonds. The van der Waals surface area contributed by atoms with Crippen LogP contribution >= 0.6 is 0 Å². The fourth-order valence-electron chi connectivity index (χ4n) is 6.33. The van der Waals surface area contributed by atoms with Crippen molar-refractivity contribution in [2.45, 2.75) is 56.4 Å². The zero-order valence-corrected chi connectivity index (χ0v) is 14.9. The minimum Gasteiger partial charge on any atom is -0.510 e. The average molecular weight is 376 g/mol. The quantitative estimate of drug-likeness (QED) is 0.397. The molecule has 2 N–H and O–H groups in total. The first-order chi connectivity index (χ1) is 12.8. The molecule has 5 fully saturated rings. The maximum atomic E-state index is 12.5. The number of aliphatic hydroxyl groups excluding tert-OH is 2. The molecule has 2 saturated carbocycles. The molecule has 0 aromatic heterocycles. The number of aliphatic hydroxyl groups is 2. The number of cyclic esters (lactones) is 1. The fraction of sp³-hybridized carbons (Fsp3) is 0.684. The standard InChI is InChI=1S/C19H20O8/c1-6(8(21)5-20)14-19-10(4-11(22)25-14)18(2)12-7(3-9-15(18)24-9)17(23)26-13(12)16(19)27-19/h4,7,9,12-16,20-21H,3,5H2,1-2H3. The van der Waals surface area contributed by atoms with Crippen LogP contribution in [0.1, 0.15) is 20.3 Å². The van der Waals surface area contributed by atoms with Crippen LogP contribution in [0.25, 0.3) is 0 Å². The molecule has 144 valence electrons. The van der Waals surface area contributed by atoms with Gasteiger partial charge >= 0.3 is 11.9 Å². The SMILES string of the molecule is CC(=C(O)CO)C1OC(=O)C=C2C3(C)C4OC4CC4C(=O)OC(C43)C3OC213. The minimum absolute atomic E-state index is 0.0188. The molecule has 0 bridgehead atoms. The summed E-state index contributed by atoms with van der Waals surface area (Å²) in [6.45, 7) is 3.07. The summed E-state index contributed by atoms with van der Waals surface area (Å²) in [5, 5.41) is 19.4. The molecule has 6 aliphatic rings. The number of ether oxygens (including phenoxy) is 4. The van der Waals surface area contributed by atoms with E-state index in [1.165, 1.54) is 6.08 Å². The summed E-state index contributed by atoms with van der Waals surface area (Å²) >= 11 is 0. The molecular formula is C19H20O8. The molecule has 27 heavy (non-hydrogen) atoms. The van der Waals surface area contributed by atoms with Gasteiger partial charge in [-0.3, -0.25) is 4.79 Å². The van der Waals surface area contributed by atoms with Gasteiger partial charge in [-0.15, -0.1) is 0 Å². The van der Waals surface area contributed by atoms with Gasteiger partial charge < -0.3 is 29.2 Å². The minimum atomic E-state index is -0.986. The van der Waals surface area contributed by atoms with Crippen molar-refractivity contribution >= 4 is 11.9 Å². The highest BCUT2D eigenvalue weighted by atomic mass is 16.7. The molecule has 8 heteroatoms. The van der Waals surface area contributed by atoms with Crippen LogP contribution in [0.5, 0.6) is 0 Å². The second kappa shape index (κ2) is 4.56. The van der Waals surface area contributed by atoms with E-state index in [9.17, 15) is 19.8 Å². The number of esters is 2. The number of hydrogen-bond donors (Lipinski definition) is 2. The monoisotopic (exact) mass is 376 g/mol. The topological polar surface area (TPSA) is 118 Å². The van der Waals surface area contributed by atoms with E-state index in [0.717, 1.165) is 5.57 Å². The average Bonchev–Trinajstić information content (AvgIpc) is 3.53. The number of epoxide rings is 2. The number of carbonyl (C=O) groups is 2. The van der Waals surface area contributed by atoms with Gasteiger partial charge in [0.05, 0.1) is 18.1 Å². The van der Waals surface area contributed by atoms with Crippen molar-refractivity contribution in [3.8, 4) is 0 Å². The lowest BCUT2D eigenvalue weighted by Gasteiger charge is -2.49. The van der Waals surface area contributed by atoms with Gasteiger partial charge in [-0.1, -0.05) is 6.92 Å². The van der Waals surface area contributed by atoms with E-state index in [2.05, 4.69) is 0 Å². The highest BCUT2D eigenvalue weighted by Gasteiger charge is 2.85. The van der Waals surface area contributed by atoms with Crippen LogP contribution < -0.4 is 0 Å². The maximum absolute atomic E-state index is 12.5. The van der Waals surface area contributed by atoms with Gasteiger partial charge in [-0.2, -0.15) is 0 Å². The van der Waals surface area contributed by atoms with Crippen LogP contribution in [0.4, 0.5) is 0 Å². The Kier molecular flexibility index (Phi) is 2.72. The fourth-order valence-corrected chi connectivity index (χ4v) is 6.33. The zero-order valence-electron chi connectivity index (χ0n) is 14.9. The summed E-state index contributed by atoms with van der Waals surface area (Å²) in [6.07, 6.45) is 0.257. The van der Waals surface area contributed by atoms with Crippen LogP contribution in [-0.2, 0) is 28.5 Å². The Morgan fingerprint density at radius 1 is 1.30 bits per heavy atom. The van der Waals surface area contributed by atoms with E-state index in [1.54, 1.807) is 6.92 Å². The maximum Gasteiger partial charge on any atom is 0.331 e. The van der Waals surface area contributed by atoms with Gasteiger partial charge in [0.2, 0.25) is 0 Å². The molecule has 3 saturated heterocycles. The van der Waals surface area contributed by atoms with E-state index in [0.29, 0.717) is 12.0 Å². The first-order valence-electron chi connectivity index (χ1n) is 9.30. The largest absolute Gasteiger partial charge is 0.510 e. The Balaban J connectivity index is 1.55. The highest BCUT2D eigenvalue weighted by molar-refractivity contribution is 5.87. The molecule has 8 nitrogen and oxygen atoms in total. The molecule has 2 aliphatic carbocycles. The predicted octanol–water partition coefficient (Wildman–Crippen LogP) is 0.149. The molecule has 0 radical (unpaired) electrons. The first kappa shape index (κ1) is 16.1. The zero-order chi connectivity index (χ0) is 18.9. The van der Waals surface area contributed by atoms with Gasteiger partial charge in [0.25, 0.3) is 0 Å². The highest BCUT2D eigenvalue weighted by Crippen LogP contribution is 2.73. The third-order valence-corrected chi connectivity index (χ3v) is 7.57. The number of hydrogen-bond acceptors (Lipinski definition) is 8. The molecule has 4 aliphatic heterocycles. The van der Waals surface area contributed by atoms with Gasteiger partial charge in [0.15, 0.2) is 11.7 Å². The second-order valence-corrected chi connectivity index (χ2v) is 8.64. The molecule has 9 unspecified atom stereocenters. The van der Waals surface area contributed by atoms with E-state index >= 15 is 0 Å². The lowest BCUT2D eigenvalue weighted by atomic mass is 9.51. The Hall–Kier alpha value is -1.90. The third kappa shape index (κ3) is 1.63. The summed E-state index contributed by atoms with van der Waals surface area (Å²) in [5.41, 5.74) is -0.460. The molecule has 1 spiro atoms. The van der Waals surface area contributed by atoms with Crippen molar-refractivity contribution < 1.29 is 38.7 Å². The summed E-state index contributed by atoms with van der Waals surface area (Å²) in [4.78, 5) is 25.0. The Labute approximate surface area is 154 Å². The van der Waals surface area contributed by atoms with E-state index in [-0.39, 0.29) is 35.8 Å². The third-order valence-electron chi connectivity index (χ3n) is 7.57. The number of carbonyl (C=O) groups excluding carboxylic acids is 2. The van der Waals surface area contributed by atoms with Gasteiger partial charge in [-0.05, 0) is 18.9 Å².